The van der Waals surface area contributed by atoms with E-state index in [4.69, 9.17) is 0 Å². The summed E-state index contributed by atoms with van der Waals surface area (Å²) in [6.07, 6.45) is 2.93. The molecule has 3 nitrogen and oxygen atoms in total. The van der Waals surface area contributed by atoms with Crippen LogP contribution >= 0.6 is 0 Å². The minimum Gasteiger partial charge on any atom is -0.550 e. The molecule has 0 aromatic carbocycles. The Hall–Kier alpha value is -0.860. The summed E-state index contributed by atoms with van der Waals surface area (Å²) in [7, 11) is 0. The van der Waals surface area contributed by atoms with Crippen molar-refractivity contribution in [2.24, 2.45) is 29.1 Å². The van der Waals surface area contributed by atoms with Gasteiger partial charge in [0.25, 0.3) is 0 Å². The van der Waals surface area contributed by atoms with Crippen LogP contribution in [0.3, 0.4) is 0 Å². The molecule has 0 aromatic heterocycles. The molecule has 0 N–H and O–H groups in total. The highest BCUT2D eigenvalue weighted by atomic mass is 16.4. The van der Waals surface area contributed by atoms with Gasteiger partial charge in [0.05, 0.1) is 0 Å². The normalized spacial score (nSPS) is 37.9. The minimum atomic E-state index is -0.970. The zero-order valence-electron chi connectivity index (χ0n) is 10.9. The van der Waals surface area contributed by atoms with Crippen molar-refractivity contribution in [2.45, 2.75) is 46.5 Å². The van der Waals surface area contributed by atoms with E-state index < -0.39 is 11.9 Å². The molecule has 96 valence electrons. The number of carbonyl (C=O) groups excluding carboxylic acids is 2. The van der Waals surface area contributed by atoms with Crippen LogP contribution in [0.1, 0.15) is 46.5 Å². The topological polar surface area (TPSA) is 57.2 Å². The van der Waals surface area contributed by atoms with E-state index in [0.717, 1.165) is 12.8 Å². The summed E-state index contributed by atoms with van der Waals surface area (Å²) in [5.41, 5.74) is 0.0825. The van der Waals surface area contributed by atoms with Gasteiger partial charge in [-0.1, -0.05) is 20.8 Å². The molecule has 2 rings (SSSR count). The first kappa shape index (κ1) is 12.6. The largest absolute Gasteiger partial charge is 0.550 e. The molecule has 2 aliphatic carbocycles. The summed E-state index contributed by atoms with van der Waals surface area (Å²) in [5.74, 6) is -0.808. The van der Waals surface area contributed by atoms with E-state index in [2.05, 4.69) is 20.8 Å². The number of hydrogen-bond donors (Lipinski definition) is 0. The zero-order valence-corrected chi connectivity index (χ0v) is 10.9. The molecule has 2 saturated carbocycles. The molecule has 0 heterocycles. The number of rotatable bonds is 1. The number of fused-ring (bicyclic) bond motifs is 2. The first-order valence-corrected chi connectivity index (χ1v) is 6.55. The third kappa shape index (κ3) is 2.24. The van der Waals surface area contributed by atoms with Gasteiger partial charge in [0, 0.05) is 17.8 Å². The molecule has 3 heteroatoms. The maximum atomic E-state index is 12.2. The van der Waals surface area contributed by atoms with Crippen molar-refractivity contribution in [1.29, 1.82) is 0 Å². The van der Waals surface area contributed by atoms with Gasteiger partial charge >= 0.3 is 0 Å². The number of ketones is 1. The van der Waals surface area contributed by atoms with E-state index in [0.29, 0.717) is 24.5 Å². The van der Waals surface area contributed by atoms with Crippen LogP contribution in [0.15, 0.2) is 0 Å². The van der Waals surface area contributed by atoms with Crippen molar-refractivity contribution in [3.05, 3.63) is 0 Å². The molecule has 0 unspecified atom stereocenters. The Morgan fingerprint density at radius 1 is 1.24 bits per heavy atom. The van der Waals surface area contributed by atoms with E-state index >= 15 is 0 Å². The van der Waals surface area contributed by atoms with Crippen LogP contribution in [0.4, 0.5) is 0 Å². The van der Waals surface area contributed by atoms with Crippen LogP contribution in [0.5, 0.6) is 0 Å². The lowest BCUT2D eigenvalue weighted by molar-refractivity contribution is -0.313. The number of carboxylic acids is 1. The molecule has 0 amide bonds. The van der Waals surface area contributed by atoms with Crippen molar-refractivity contribution in [1.82, 2.24) is 0 Å². The fourth-order valence-corrected chi connectivity index (χ4v) is 3.71. The van der Waals surface area contributed by atoms with Crippen molar-refractivity contribution in [3.8, 4) is 0 Å². The highest BCUT2D eigenvalue weighted by molar-refractivity contribution is 5.87. The van der Waals surface area contributed by atoms with Crippen LogP contribution < -0.4 is 5.11 Å². The molecule has 0 saturated heterocycles. The lowest BCUT2D eigenvalue weighted by Crippen LogP contribution is -2.49. The summed E-state index contributed by atoms with van der Waals surface area (Å²) >= 11 is 0. The first-order chi connectivity index (χ1) is 7.80. The summed E-state index contributed by atoms with van der Waals surface area (Å²) < 4.78 is 0. The molecular weight excluding hydrogens is 216 g/mol. The zero-order chi connectivity index (χ0) is 12.8. The second-order valence-corrected chi connectivity index (χ2v) is 6.74. The monoisotopic (exact) mass is 237 g/mol. The summed E-state index contributed by atoms with van der Waals surface area (Å²) in [4.78, 5) is 23.2. The van der Waals surface area contributed by atoms with Gasteiger partial charge in [-0.25, -0.2) is 0 Å². The highest BCUT2D eigenvalue weighted by Gasteiger charge is 2.47. The van der Waals surface area contributed by atoms with Crippen molar-refractivity contribution < 1.29 is 14.7 Å². The average Bonchev–Trinajstić information content (AvgIpc) is 2.14. The molecule has 0 aliphatic heterocycles. The average molecular weight is 237 g/mol. The number of aliphatic carboxylic acids is 1. The summed E-state index contributed by atoms with van der Waals surface area (Å²) in [6.45, 7) is 6.44. The molecule has 0 radical (unpaired) electrons. The Morgan fingerprint density at radius 3 is 2.41 bits per heavy atom. The van der Waals surface area contributed by atoms with Gasteiger partial charge in [0.1, 0.15) is 5.78 Å². The molecule has 17 heavy (non-hydrogen) atoms. The van der Waals surface area contributed by atoms with Crippen LogP contribution in [-0.2, 0) is 9.59 Å². The van der Waals surface area contributed by atoms with Crippen LogP contribution in [0.25, 0.3) is 0 Å². The maximum Gasteiger partial charge on any atom is 0.139 e. The van der Waals surface area contributed by atoms with E-state index in [1.165, 1.54) is 0 Å². The van der Waals surface area contributed by atoms with Crippen molar-refractivity contribution >= 4 is 11.8 Å². The van der Waals surface area contributed by atoms with Crippen molar-refractivity contribution in [2.75, 3.05) is 0 Å². The second-order valence-electron chi connectivity index (χ2n) is 6.74. The van der Waals surface area contributed by atoms with E-state index in [1.54, 1.807) is 0 Å². The van der Waals surface area contributed by atoms with Crippen LogP contribution in [0, 0.1) is 29.1 Å². The van der Waals surface area contributed by atoms with Gasteiger partial charge in [-0.15, -0.1) is 0 Å². The fourth-order valence-electron chi connectivity index (χ4n) is 3.71. The number of carbonyl (C=O) groups is 2. The smallest absolute Gasteiger partial charge is 0.139 e. The predicted octanol–water partition coefficient (Wildman–Crippen LogP) is 1.40. The van der Waals surface area contributed by atoms with Gasteiger partial charge in [-0.2, -0.15) is 0 Å². The van der Waals surface area contributed by atoms with Gasteiger partial charge in [0.2, 0.25) is 0 Å². The molecule has 0 aromatic rings. The Bertz CT molecular complexity index is 340. The van der Waals surface area contributed by atoms with Gasteiger partial charge in [-0.3, -0.25) is 4.79 Å². The quantitative estimate of drug-likeness (QED) is 0.692. The molecule has 2 bridgehead atoms. The number of carboxylic acid groups (broad SMARTS) is 1. The number of hydrogen-bond acceptors (Lipinski definition) is 3. The Kier molecular flexibility index (Phi) is 3.04. The third-order valence-electron chi connectivity index (χ3n) is 4.63. The molecule has 2 aliphatic rings. The van der Waals surface area contributed by atoms with Crippen LogP contribution in [-0.4, -0.2) is 11.8 Å². The second kappa shape index (κ2) is 4.11. The van der Waals surface area contributed by atoms with E-state index in [-0.39, 0.29) is 17.3 Å². The Balaban J connectivity index is 2.22. The van der Waals surface area contributed by atoms with Gasteiger partial charge in [0.15, 0.2) is 0 Å². The lowest BCUT2D eigenvalue weighted by atomic mass is 9.57. The Labute approximate surface area is 103 Å². The fraction of sp³-hybridized carbons (Fsp3) is 0.857. The molecule has 4 atom stereocenters. The highest BCUT2D eigenvalue weighted by Crippen LogP contribution is 2.49. The SMILES string of the molecule is CC(C)(C)[C@@H]1CC[C@H]2C[C@H](C(=O)[O-])C[C@@H]1C2=O. The molecular formula is C14H21O3-. The minimum absolute atomic E-state index is 0.0183. The van der Waals surface area contributed by atoms with Crippen molar-refractivity contribution in [3.63, 3.8) is 0 Å². The van der Waals surface area contributed by atoms with E-state index in [1.807, 2.05) is 0 Å². The predicted molar refractivity (Wildman–Crippen MR) is 61.9 cm³/mol. The molecule has 0 spiro atoms. The molecule has 2 fully saturated rings. The summed E-state index contributed by atoms with van der Waals surface area (Å²) in [6, 6.07) is 0. The van der Waals surface area contributed by atoms with E-state index in [9.17, 15) is 14.7 Å². The number of Topliss-reactive ketones (excluding diaryl/α,β-unsaturated/α-hetero) is 1. The first-order valence-electron chi connectivity index (χ1n) is 6.55. The standard InChI is InChI=1S/C14H22O3/c1-14(2,3)11-5-4-8-6-9(13(16)17)7-10(11)12(8)15/h8-11H,4-7H2,1-3H3,(H,16,17)/p-1/t8-,9-,10-,11+/m0/s1. The van der Waals surface area contributed by atoms with Gasteiger partial charge < -0.3 is 9.90 Å². The van der Waals surface area contributed by atoms with Crippen LogP contribution in [0.2, 0.25) is 0 Å². The Morgan fingerprint density at radius 2 is 1.88 bits per heavy atom. The van der Waals surface area contributed by atoms with Gasteiger partial charge in [-0.05, 0) is 42.9 Å². The summed E-state index contributed by atoms with van der Waals surface area (Å²) in [5, 5.41) is 11.0. The third-order valence-corrected chi connectivity index (χ3v) is 4.63. The maximum absolute atomic E-state index is 12.2. The lowest BCUT2D eigenvalue weighted by Gasteiger charge is -2.47.